The van der Waals surface area contributed by atoms with E-state index in [9.17, 15) is 9.59 Å². The number of benzene rings is 2. The number of rotatable bonds is 6. The van der Waals surface area contributed by atoms with E-state index < -0.39 is 6.04 Å². The van der Waals surface area contributed by atoms with Gasteiger partial charge in [-0.2, -0.15) is 5.10 Å². The number of aryl methyl sites for hydroxylation is 1. The molecule has 7 nitrogen and oxygen atoms in total. The highest BCUT2D eigenvalue weighted by molar-refractivity contribution is 7.99. The van der Waals surface area contributed by atoms with Crippen LogP contribution in [0.2, 0.25) is 0 Å². The number of anilines is 1. The Bertz CT molecular complexity index is 1040. The molecule has 0 radical (unpaired) electrons. The third-order valence-electron chi connectivity index (χ3n) is 4.91. The molecule has 154 valence electrons. The Morgan fingerprint density at radius 3 is 2.67 bits per heavy atom. The van der Waals surface area contributed by atoms with Crippen molar-refractivity contribution in [2.75, 3.05) is 17.2 Å². The van der Waals surface area contributed by atoms with Crippen molar-refractivity contribution in [3.63, 3.8) is 0 Å². The summed E-state index contributed by atoms with van der Waals surface area (Å²) in [5, 5.41) is 10.0. The molecule has 3 aromatic rings. The smallest absolute Gasteiger partial charge is 0.227 e. The summed E-state index contributed by atoms with van der Waals surface area (Å²) in [6.45, 7) is 2.47. The molecule has 30 heavy (non-hydrogen) atoms. The lowest BCUT2D eigenvalue weighted by molar-refractivity contribution is -0.125. The molecule has 2 amide bonds. The molecule has 8 heteroatoms. The normalized spacial score (nSPS) is 14.1. The first-order valence-corrected chi connectivity index (χ1v) is 10.9. The first-order chi connectivity index (χ1) is 14.6. The van der Waals surface area contributed by atoms with Crippen LogP contribution in [0, 0.1) is 6.92 Å². The highest BCUT2D eigenvalue weighted by atomic mass is 32.2. The van der Waals surface area contributed by atoms with Gasteiger partial charge in [-0.1, -0.05) is 42.5 Å². The van der Waals surface area contributed by atoms with Crippen LogP contribution in [0.5, 0.6) is 0 Å². The molecular weight excluding hydrogens is 398 g/mol. The lowest BCUT2D eigenvalue weighted by Gasteiger charge is -2.29. The van der Waals surface area contributed by atoms with E-state index in [1.165, 1.54) is 0 Å². The molecule has 2 heterocycles. The summed E-state index contributed by atoms with van der Waals surface area (Å²) in [5.74, 6) is 1.79. The quantitative estimate of drug-likeness (QED) is 0.638. The number of aromatic nitrogens is 3. The van der Waals surface area contributed by atoms with E-state index in [4.69, 9.17) is 0 Å². The van der Waals surface area contributed by atoms with Gasteiger partial charge in [0.2, 0.25) is 11.8 Å². The van der Waals surface area contributed by atoms with E-state index in [1.807, 2.05) is 61.5 Å². The lowest BCUT2D eigenvalue weighted by atomic mass is 10.1. The summed E-state index contributed by atoms with van der Waals surface area (Å²) >= 11 is 1.75. The van der Waals surface area contributed by atoms with Gasteiger partial charge in [0.25, 0.3) is 0 Å². The number of nitrogens with zero attached hydrogens (tertiary/aromatic N) is 3. The van der Waals surface area contributed by atoms with Crippen LogP contribution in [0.15, 0.2) is 59.5 Å². The van der Waals surface area contributed by atoms with Crippen molar-refractivity contribution in [1.82, 2.24) is 20.5 Å². The summed E-state index contributed by atoms with van der Waals surface area (Å²) < 4.78 is 0. The van der Waals surface area contributed by atoms with Gasteiger partial charge in [0.15, 0.2) is 5.82 Å². The van der Waals surface area contributed by atoms with Crippen molar-refractivity contribution in [3.05, 3.63) is 71.8 Å². The molecule has 0 saturated heterocycles. The Morgan fingerprint density at radius 1 is 1.13 bits per heavy atom. The Labute approximate surface area is 179 Å². The maximum absolute atomic E-state index is 12.8. The minimum absolute atomic E-state index is 0.0390. The zero-order chi connectivity index (χ0) is 20.9. The van der Waals surface area contributed by atoms with E-state index in [0.29, 0.717) is 18.2 Å². The Balaban J connectivity index is 1.41. The van der Waals surface area contributed by atoms with Gasteiger partial charge in [-0.25, -0.2) is 4.98 Å². The molecule has 1 aliphatic rings. The zero-order valence-electron chi connectivity index (χ0n) is 16.7. The Morgan fingerprint density at radius 2 is 1.90 bits per heavy atom. The van der Waals surface area contributed by atoms with Gasteiger partial charge in [-0.05, 0) is 24.6 Å². The van der Waals surface area contributed by atoms with Gasteiger partial charge < -0.3 is 10.2 Å². The van der Waals surface area contributed by atoms with Crippen molar-refractivity contribution in [1.29, 1.82) is 0 Å². The molecule has 1 aromatic heterocycles. The number of hydrogen-bond acceptors (Lipinski definition) is 5. The van der Waals surface area contributed by atoms with Gasteiger partial charge in [-0.15, -0.1) is 11.8 Å². The molecule has 0 spiro atoms. The number of carbonyl (C=O) groups is 2. The van der Waals surface area contributed by atoms with Gasteiger partial charge in [0.1, 0.15) is 11.9 Å². The largest absolute Gasteiger partial charge is 0.342 e. The number of carbonyl (C=O) groups excluding carboxylic acids is 2. The fourth-order valence-corrected chi connectivity index (χ4v) is 4.44. The molecular formula is C22H23N5O2S. The summed E-state index contributed by atoms with van der Waals surface area (Å²) in [7, 11) is 0. The van der Waals surface area contributed by atoms with E-state index in [1.54, 1.807) is 16.7 Å². The highest BCUT2D eigenvalue weighted by Crippen LogP contribution is 2.34. The number of hydrogen-bond donors (Lipinski definition) is 2. The number of amides is 2. The third kappa shape index (κ3) is 4.54. The Kier molecular flexibility index (Phi) is 6.13. The van der Waals surface area contributed by atoms with Crippen molar-refractivity contribution < 1.29 is 9.59 Å². The van der Waals surface area contributed by atoms with Crippen LogP contribution < -0.4 is 10.2 Å². The van der Waals surface area contributed by atoms with Crippen molar-refractivity contribution in [2.24, 2.45) is 0 Å². The molecule has 0 aliphatic carbocycles. The lowest BCUT2D eigenvalue weighted by Crippen LogP contribution is -2.36. The number of H-pyrrole nitrogens is 1. The van der Waals surface area contributed by atoms with Gasteiger partial charge in [-0.3, -0.25) is 14.7 Å². The third-order valence-corrected chi connectivity index (χ3v) is 5.95. The minimum atomic E-state index is -0.467. The second-order valence-electron chi connectivity index (χ2n) is 7.05. The van der Waals surface area contributed by atoms with Crippen LogP contribution in [0.1, 0.15) is 36.1 Å². The van der Waals surface area contributed by atoms with Crippen LogP contribution in [-0.2, 0) is 9.59 Å². The standard InChI is InChI=1S/C22H23N5O2S/c1-15-23-22(26-25-15)21(16-7-3-2-4-8-16)24-19(28)11-12-20(29)27-13-14-30-18-10-6-5-9-17(18)27/h2-10,21H,11-14H2,1H3,(H,24,28)(H,23,25,26). The van der Waals surface area contributed by atoms with E-state index >= 15 is 0 Å². The molecule has 4 rings (SSSR count). The fourth-order valence-electron chi connectivity index (χ4n) is 3.45. The maximum atomic E-state index is 12.8. The average molecular weight is 422 g/mol. The summed E-state index contributed by atoms with van der Waals surface area (Å²) in [5.41, 5.74) is 1.82. The van der Waals surface area contributed by atoms with Crippen LogP contribution >= 0.6 is 11.8 Å². The van der Waals surface area contributed by atoms with E-state index in [-0.39, 0.29) is 24.7 Å². The van der Waals surface area contributed by atoms with Gasteiger partial charge >= 0.3 is 0 Å². The molecule has 0 saturated carbocycles. The number of aromatic amines is 1. The average Bonchev–Trinajstić information content (AvgIpc) is 3.22. The van der Waals surface area contributed by atoms with Gasteiger partial charge in [0.05, 0.1) is 5.69 Å². The van der Waals surface area contributed by atoms with E-state index in [0.717, 1.165) is 21.9 Å². The topological polar surface area (TPSA) is 91.0 Å². The van der Waals surface area contributed by atoms with Crippen LogP contribution in [0.3, 0.4) is 0 Å². The predicted molar refractivity (Wildman–Crippen MR) is 116 cm³/mol. The van der Waals surface area contributed by atoms with Gasteiger partial charge in [0, 0.05) is 30.0 Å². The molecule has 2 N–H and O–H groups in total. The predicted octanol–water partition coefficient (Wildman–Crippen LogP) is 3.24. The SMILES string of the molecule is Cc1nc(C(NC(=O)CCC(=O)N2CCSc3ccccc32)c2ccccc2)n[nH]1. The summed E-state index contributed by atoms with van der Waals surface area (Å²) in [6, 6.07) is 17.0. The minimum Gasteiger partial charge on any atom is -0.342 e. The molecule has 1 aliphatic heterocycles. The zero-order valence-corrected chi connectivity index (χ0v) is 17.5. The van der Waals surface area contributed by atoms with Crippen molar-refractivity contribution >= 4 is 29.3 Å². The van der Waals surface area contributed by atoms with Crippen LogP contribution in [0.4, 0.5) is 5.69 Å². The highest BCUT2D eigenvalue weighted by Gasteiger charge is 2.25. The monoisotopic (exact) mass is 421 g/mol. The van der Waals surface area contributed by atoms with E-state index in [2.05, 4.69) is 20.5 Å². The Hall–Kier alpha value is -3.13. The molecule has 0 bridgehead atoms. The number of fused-ring (bicyclic) bond motifs is 1. The number of para-hydroxylation sites is 1. The first kappa shape index (κ1) is 20.2. The number of thioether (sulfide) groups is 1. The van der Waals surface area contributed by atoms with Crippen molar-refractivity contribution in [3.8, 4) is 0 Å². The first-order valence-electron chi connectivity index (χ1n) is 9.87. The summed E-state index contributed by atoms with van der Waals surface area (Å²) in [6.07, 6.45) is 0.261. The molecule has 0 fully saturated rings. The summed E-state index contributed by atoms with van der Waals surface area (Å²) in [4.78, 5) is 32.8. The maximum Gasteiger partial charge on any atom is 0.227 e. The van der Waals surface area contributed by atoms with Crippen LogP contribution in [-0.4, -0.2) is 39.3 Å². The second kappa shape index (κ2) is 9.13. The second-order valence-corrected chi connectivity index (χ2v) is 8.19. The molecule has 2 aromatic carbocycles. The molecule has 1 atom stereocenters. The number of nitrogens with one attached hydrogen (secondary N) is 2. The molecule has 1 unspecified atom stereocenters. The van der Waals surface area contributed by atoms with Crippen LogP contribution in [0.25, 0.3) is 0 Å². The fraction of sp³-hybridized carbons (Fsp3) is 0.273. The van der Waals surface area contributed by atoms with Crippen molar-refractivity contribution in [2.45, 2.75) is 30.7 Å².